The topological polar surface area (TPSA) is 90.8 Å². The first-order valence-electron chi connectivity index (χ1n) is 6.40. The number of carbonyl (C=O) groups excluding carboxylic acids is 1. The molecule has 0 aromatic heterocycles. The van der Waals surface area contributed by atoms with Gasteiger partial charge in [-0.05, 0) is 36.4 Å². The van der Waals surface area contributed by atoms with Crippen LogP contribution in [0.15, 0.2) is 48.5 Å². The second-order valence-corrected chi connectivity index (χ2v) is 4.26. The van der Waals surface area contributed by atoms with Crippen LogP contribution in [0.3, 0.4) is 0 Å². The van der Waals surface area contributed by atoms with Gasteiger partial charge in [-0.3, -0.25) is 10.0 Å². The summed E-state index contributed by atoms with van der Waals surface area (Å²) in [5.41, 5.74) is 2.56. The van der Waals surface area contributed by atoms with Crippen molar-refractivity contribution in [3.8, 4) is 11.5 Å². The lowest BCUT2D eigenvalue weighted by Crippen LogP contribution is -2.18. The van der Waals surface area contributed by atoms with Crippen molar-refractivity contribution in [1.82, 2.24) is 5.48 Å². The quantitative estimate of drug-likeness (QED) is 0.282. The number of rotatable bonds is 6. The molecule has 2 aromatic rings. The van der Waals surface area contributed by atoms with Crippen molar-refractivity contribution >= 4 is 11.6 Å². The second kappa shape index (κ2) is 7.16. The third kappa shape index (κ3) is 4.12. The fourth-order valence-electron chi connectivity index (χ4n) is 1.74. The van der Waals surface area contributed by atoms with E-state index < -0.39 is 5.91 Å². The Balaban J connectivity index is 1.79. The number of ether oxygens (including phenoxy) is 1. The van der Waals surface area contributed by atoms with Crippen molar-refractivity contribution in [3.63, 3.8) is 0 Å². The van der Waals surface area contributed by atoms with Crippen molar-refractivity contribution in [2.45, 2.75) is 0 Å². The van der Waals surface area contributed by atoms with Crippen molar-refractivity contribution < 1.29 is 19.8 Å². The molecule has 0 spiro atoms. The van der Waals surface area contributed by atoms with Crippen LogP contribution in [0.4, 0.5) is 5.69 Å². The molecule has 0 atom stereocenters. The van der Waals surface area contributed by atoms with E-state index in [0.717, 1.165) is 0 Å². The summed E-state index contributed by atoms with van der Waals surface area (Å²) in [6.07, 6.45) is 0. The molecule has 0 aliphatic rings. The molecule has 110 valence electrons. The predicted octanol–water partition coefficient (Wildman–Crippen LogP) is 2.00. The number of benzene rings is 2. The standard InChI is InChI=1S/C15H16N2O4/c18-14-4-2-1-3-13(14)16-9-10-21-12-7-5-11(6-8-12)15(19)17-20/h1-8,16,18,20H,9-10H2,(H,17,19). The normalized spacial score (nSPS) is 9.95. The number of phenols is 1. The van der Waals surface area contributed by atoms with E-state index in [2.05, 4.69) is 5.32 Å². The van der Waals surface area contributed by atoms with Crippen molar-refractivity contribution in [1.29, 1.82) is 0 Å². The molecule has 0 aliphatic carbocycles. The summed E-state index contributed by atoms with van der Waals surface area (Å²) >= 11 is 0. The Kier molecular flexibility index (Phi) is 5.00. The summed E-state index contributed by atoms with van der Waals surface area (Å²) in [5.74, 6) is 0.239. The van der Waals surface area contributed by atoms with Gasteiger partial charge in [0, 0.05) is 12.1 Å². The van der Waals surface area contributed by atoms with Gasteiger partial charge in [-0.15, -0.1) is 0 Å². The lowest BCUT2D eigenvalue weighted by molar-refractivity contribution is 0.0706. The largest absolute Gasteiger partial charge is 0.506 e. The Labute approximate surface area is 122 Å². The Morgan fingerprint density at radius 1 is 1.10 bits per heavy atom. The first-order chi connectivity index (χ1) is 10.2. The number of hydroxylamine groups is 1. The molecule has 6 heteroatoms. The molecule has 0 bridgehead atoms. The molecular formula is C15H16N2O4. The number of hydrogen-bond donors (Lipinski definition) is 4. The van der Waals surface area contributed by atoms with Gasteiger partial charge in [0.15, 0.2) is 0 Å². The summed E-state index contributed by atoms with van der Waals surface area (Å²) in [6, 6.07) is 13.4. The zero-order valence-corrected chi connectivity index (χ0v) is 11.2. The Morgan fingerprint density at radius 2 is 1.81 bits per heavy atom. The minimum Gasteiger partial charge on any atom is -0.506 e. The van der Waals surface area contributed by atoms with E-state index in [1.165, 1.54) is 0 Å². The zero-order valence-electron chi connectivity index (χ0n) is 11.2. The van der Waals surface area contributed by atoms with Gasteiger partial charge in [0.05, 0.1) is 5.69 Å². The average Bonchev–Trinajstić information content (AvgIpc) is 2.53. The number of aromatic hydroxyl groups is 1. The summed E-state index contributed by atoms with van der Waals surface area (Å²) in [4.78, 5) is 11.1. The number of hydrogen-bond acceptors (Lipinski definition) is 5. The van der Waals surface area contributed by atoms with Gasteiger partial charge in [-0.1, -0.05) is 12.1 Å². The van der Waals surface area contributed by atoms with Gasteiger partial charge in [-0.2, -0.15) is 0 Å². The van der Waals surface area contributed by atoms with Gasteiger partial charge in [0.1, 0.15) is 18.1 Å². The molecule has 2 aromatic carbocycles. The highest BCUT2D eigenvalue weighted by molar-refractivity contribution is 5.93. The van der Waals surface area contributed by atoms with Crippen LogP contribution in [0.25, 0.3) is 0 Å². The molecular weight excluding hydrogens is 272 g/mol. The molecule has 21 heavy (non-hydrogen) atoms. The zero-order chi connectivity index (χ0) is 15.1. The van der Waals surface area contributed by atoms with Crippen LogP contribution in [-0.2, 0) is 0 Å². The molecule has 0 fully saturated rings. The highest BCUT2D eigenvalue weighted by Crippen LogP contribution is 2.21. The Hall–Kier alpha value is -2.73. The van der Waals surface area contributed by atoms with Crippen LogP contribution in [0.5, 0.6) is 11.5 Å². The van der Waals surface area contributed by atoms with E-state index in [4.69, 9.17) is 9.94 Å². The van der Waals surface area contributed by atoms with Crippen LogP contribution in [0.2, 0.25) is 0 Å². The first-order valence-corrected chi connectivity index (χ1v) is 6.40. The van der Waals surface area contributed by atoms with Gasteiger partial charge in [0.25, 0.3) is 5.91 Å². The van der Waals surface area contributed by atoms with E-state index in [1.807, 2.05) is 6.07 Å². The molecule has 4 N–H and O–H groups in total. The highest BCUT2D eigenvalue weighted by Gasteiger charge is 2.03. The minimum absolute atomic E-state index is 0.192. The lowest BCUT2D eigenvalue weighted by Gasteiger charge is -2.10. The number of para-hydroxylation sites is 2. The van der Waals surface area contributed by atoms with Crippen LogP contribution in [0, 0.1) is 0 Å². The molecule has 0 aliphatic heterocycles. The van der Waals surface area contributed by atoms with Gasteiger partial charge in [0.2, 0.25) is 0 Å². The first kappa shape index (κ1) is 14.7. The number of phenolic OH excluding ortho intramolecular Hbond substituents is 1. The van der Waals surface area contributed by atoms with Crippen LogP contribution in [0.1, 0.15) is 10.4 Å². The summed E-state index contributed by atoms with van der Waals surface area (Å²) < 4.78 is 5.50. The van der Waals surface area contributed by atoms with E-state index in [0.29, 0.717) is 30.2 Å². The molecule has 0 saturated carbocycles. The molecule has 0 unspecified atom stereocenters. The molecule has 0 saturated heterocycles. The second-order valence-electron chi connectivity index (χ2n) is 4.26. The summed E-state index contributed by atoms with van der Waals surface area (Å²) in [6.45, 7) is 0.927. The Morgan fingerprint density at radius 3 is 2.48 bits per heavy atom. The number of anilines is 1. The minimum atomic E-state index is -0.567. The Bertz CT molecular complexity index is 599. The molecule has 2 rings (SSSR count). The van der Waals surface area contributed by atoms with Crippen molar-refractivity contribution in [2.24, 2.45) is 0 Å². The summed E-state index contributed by atoms with van der Waals surface area (Å²) in [5, 5.41) is 21.1. The number of nitrogens with one attached hydrogen (secondary N) is 2. The molecule has 0 radical (unpaired) electrons. The van der Waals surface area contributed by atoms with Crippen LogP contribution in [-0.4, -0.2) is 29.4 Å². The van der Waals surface area contributed by atoms with Crippen molar-refractivity contribution in [3.05, 3.63) is 54.1 Å². The van der Waals surface area contributed by atoms with E-state index in [-0.39, 0.29) is 5.75 Å². The average molecular weight is 288 g/mol. The fraction of sp³-hybridized carbons (Fsp3) is 0.133. The maximum atomic E-state index is 11.1. The van der Waals surface area contributed by atoms with E-state index >= 15 is 0 Å². The maximum Gasteiger partial charge on any atom is 0.274 e. The number of carbonyl (C=O) groups is 1. The van der Waals surface area contributed by atoms with Gasteiger partial charge >= 0.3 is 0 Å². The fourth-order valence-corrected chi connectivity index (χ4v) is 1.74. The van der Waals surface area contributed by atoms with Crippen molar-refractivity contribution in [2.75, 3.05) is 18.5 Å². The molecule has 0 heterocycles. The van der Waals surface area contributed by atoms with E-state index in [9.17, 15) is 9.90 Å². The van der Waals surface area contributed by atoms with E-state index in [1.54, 1.807) is 47.9 Å². The smallest absolute Gasteiger partial charge is 0.274 e. The summed E-state index contributed by atoms with van der Waals surface area (Å²) in [7, 11) is 0. The van der Waals surface area contributed by atoms with Crippen LogP contribution >= 0.6 is 0 Å². The molecule has 6 nitrogen and oxygen atoms in total. The predicted molar refractivity (Wildman–Crippen MR) is 77.8 cm³/mol. The molecule has 1 amide bonds. The highest BCUT2D eigenvalue weighted by atomic mass is 16.5. The SMILES string of the molecule is O=C(NO)c1ccc(OCCNc2ccccc2O)cc1. The number of amides is 1. The van der Waals surface area contributed by atoms with Gasteiger partial charge in [-0.25, -0.2) is 5.48 Å². The monoisotopic (exact) mass is 288 g/mol. The maximum absolute atomic E-state index is 11.1. The third-order valence-electron chi connectivity index (χ3n) is 2.81. The van der Waals surface area contributed by atoms with Gasteiger partial charge < -0.3 is 15.2 Å². The third-order valence-corrected chi connectivity index (χ3v) is 2.81. The lowest BCUT2D eigenvalue weighted by atomic mass is 10.2. The van der Waals surface area contributed by atoms with Crippen LogP contribution < -0.4 is 15.5 Å².